The Balaban J connectivity index is 1.73. The average Bonchev–Trinajstić information content (AvgIpc) is 3.08. The first kappa shape index (κ1) is 15.4. The smallest absolute Gasteiger partial charge is 0.198 e. The zero-order chi connectivity index (χ0) is 15.5. The Morgan fingerprint density at radius 2 is 2.09 bits per heavy atom. The van der Waals surface area contributed by atoms with Crippen LogP contribution in [0.5, 0.6) is 0 Å². The van der Waals surface area contributed by atoms with Crippen LogP contribution in [0.2, 0.25) is 0 Å². The van der Waals surface area contributed by atoms with E-state index in [2.05, 4.69) is 40.3 Å². The van der Waals surface area contributed by atoms with Crippen molar-refractivity contribution >= 4 is 12.2 Å². The highest BCUT2D eigenvalue weighted by Crippen LogP contribution is 2.22. The van der Waals surface area contributed by atoms with Gasteiger partial charge in [-0.3, -0.25) is 4.90 Å². The van der Waals surface area contributed by atoms with Crippen molar-refractivity contribution in [2.45, 2.75) is 38.6 Å². The van der Waals surface area contributed by atoms with Gasteiger partial charge in [0.1, 0.15) is 6.61 Å². The number of aliphatic hydroxyl groups is 1. The molecular formula is C16H22N4OS. The molecule has 118 valence electrons. The molecule has 1 fully saturated rings. The summed E-state index contributed by atoms with van der Waals surface area (Å²) in [5.74, 6) is 0.615. The highest BCUT2D eigenvalue weighted by molar-refractivity contribution is 7.71. The second-order valence-corrected chi connectivity index (χ2v) is 6.22. The predicted octanol–water partition coefficient (Wildman–Crippen LogP) is 2.11. The molecule has 0 bridgehead atoms. The van der Waals surface area contributed by atoms with Crippen LogP contribution in [0.1, 0.15) is 24.2 Å². The van der Waals surface area contributed by atoms with Gasteiger partial charge in [-0.2, -0.15) is 5.10 Å². The molecule has 2 aromatic rings. The normalized spacial score (nSPS) is 18.9. The highest BCUT2D eigenvalue weighted by atomic mass is 32.1. The Kier molecular flexibility index (Phi) is 4.71. The molecule has 1 N–H and O–H groups in total. The van der Waals surface area contributed by atoms with Gasteiger partial charge in [-0.1, -0.05) is 30.3 Å². The van der Waals surface area contributed by atoms with E-state index >= 15 is 0 Å². The quantitative estimate of drug-likeness (QED) is 0.858. The molecule has 0 aliphatic carbocycles. The van der Waals surface area contributed by atoms with Crippen LogP contribution in [0.4, 0.5) is 0 Å². The third-order valence-electron chi connectivity index (χ3n) is 4.40. The summed E-state index contributed by atoms with van der Waals surface area (Å²) >= 11 is 5.41. The van der Waals surface area contributed by atoms with Gasteiger partial charge in [-0.15, -0.1) is 0 Å². The number of likely N-dealkylation sites (tertiary alicyclic amines) is 1. The largest absolute Gasteiger partial charge is 0.388 e. The maximum Gasteiger partial charge on any atom is 0.198 e. The fraction of sp³-hybridized carbons (Fsp3) is 0.500. The highest BCUT2D eigenvalue weighted by Gasteiger charge is 2.25. The van der Waals surface area contributed by atoms with E-state index in [0.717, 1.165) is 13.0 Å². The van der Waals surface area contributed by atoms with E-state index in [0.29, 0.717) is 23.3 Å². The molecule has 1 saturated heterocycles. The van der Waals surface area contributed by atoms with Crippen LogP contribution in [0.3, 0.4) is 0 Å². The summed E-state index contributed by atoms with van der Waals surface area (Å²) < 4.78 is 4.26. The summed E-state index contributed by atoms with van der Waals surface area (Å²) in [6, 6.07) is 11.1. The Labute approximate surface area is 135 Å². The maximum atomic E-state index is 9.31. The van der Waals surface area contributed by atoms with Crippen LogP contribution in [0, 0.1) is 4.77 Å². The average molecular weight is 318 g/mol. The van der Waals surface area contributed by atoms with Gasteiger partial charge >= 0.3 is 0 Å². The minimum atomic E-state index is -0.0828. The van der Waals surface area contributed by atoms with E-state index < -0.39 is 0 Å². The van der Waals surface area contributed by atoms with Crippen LogP contribution in [0.15, 0.2) is 30.3 Å². The minimum absolute atomic E-state index is 0.0828. The third-order valence-corrected chi connectivity index (χ3v) is 4.89. The maximum absolute atomic E-state index is 9.31. The van der Waals surface area contributed by atoms with Crippen molar-refractivity contribution in [1.29, 1.82) is 0 Å². The van der Waals surface area contributed by atoms with Crippen molar-refractivity contribution in [3.8, 4) is 0 Å². The topological polar surface area (TPSA) is 46.2 Å². The van der Waals surface area contributed by atoms with Crippen molar-refractivity contribution < 1.29 is 5.11 Å². The monoisotopic (exact) mass is 318 g/mol. The Hall–Kier alpha value is -1.50. The zero-order valence-electron chi connectivity index (χ0n) is 12.9. The first-order valence-corrected chi connectivity index (χ1v) is 8.11. The third kappa shape index (κ3) is 3.14. The molecule has 1 aromatic carbocycles. The summed E-state index contributed by atoms with van der Waals surface area (Å²) in [6.45, 7) is 1.69. The minimum Gasteiger partial charge on any atom is -0.388 e. The van der Waals surface area contributed by atoms with Crippen molar-refractivity contribution in [3.63, 3.8) is 0 Å². The van der Waals surface area contributed by atoms with Gasteiger partial charge in [-0.05, 0) is 37.0 Å². The fourth-order valence-corrected chi connectivity index (χ4v) is 3.34. The molecule has 0 radical (unpaired) electrons. The summed E-state index contributed by atoms with van der Waals surface area (Å²) in [7, 11) is 1.85. The molecular weight excluding hydrogens is 296 g/mol. The van der Waals surface area contributed by atoms with Gasteiger partial charge in [0, 0.05) is 19.6 Å². The van der Waals surface area contributed by atoms with Crippen LogP contribution >= 0.6 is 12.2 Å². The fourth-order valence-electron chi connectivity index (χ4n) is 3.13. The number of aliphatic hydroxyl groups excluding tert-OH is 1. The van der Waals surface area contributed by atoms with Gasteiger partial charge < -0.3 is 9.67 Å². The lowest BCUT2D eigenvalue weighted by atomic mass is 10.0. The molecule has 5 nitrogen and oxygen atoms in total. The summed E-state index contributed by atoms with van der Waals surface area (Å²) in [5, 5.41) is 13.7. The first-order chi connectivity index (χ1) is 10.7. The summed E-state index contributed by atoms with van der Waals surface area (Å²) in [6.07, 6.45) is 3.49. The van der Waals surface area contributed by atoms with E-state index in [4.69, 9.17) is 12.2 Å². The molecule has 1 unspecified atom stereocenters. The molecule has 0 spiro atoms. The number of benzene rings is 1. The Morgan fingerprint density at radius 1 is 1.32 bits per heavy atom. The van der Waals surface area contributed by atoms with Gasteiger partial charge in [0.15, 0.2) is 10.6 Å². The van der Waals surface area contributed by atoms with Gasteiger partial charge in [-0.25, -0.2) is 4.68 Å². The van der Waals surface area contributed by atoms with E-state index in [1.807, 2.05) is 11.7 Å². The molecule has 6 heteroatoms. The predicted molar refractivity (Wildman–Crippen MR) is 87.8 cm³/mol. The molecule has 1 aliphatic rings. The van der Waals surface area contributed by atoms with Gasteiger partial charge in [0.25, 0.3) is 0 Å². The lowest BCUT2D eigenvalue weighted by Crippen LogP contribution is -2.33. The van der Waals surface area contributed by atoms with Crippen molar-refractivity contribution in [2.75, 3.05) is 6.54 Å². The lowest BCUT2D eigenvalue weighted by molar-refractivity contribution is 0.186. The molecule has 2 heterocycles. The Morgan fingerprint density at radius 3 is 2.77 bits per heavy atom. The second kappa shape index (κ2) is 6.73. The molecule has 0 saturated carbocycles. The summed E-state index contributed by atoms with van der Waals surface area (Å²) in [5.41, 5.74) is 1.38. The van der Waals surface area contributed by atoms with E-state index in [1.54, 1.807) is 4.57 Å². The number of hydrogen-bond acceptors (Lipinski definition) is 4. The van der Waals surface area contributed by atoms with Crippen molar-refractivity contribution in [1.82, 2.24) is 19.2 Å². The number of hydrogen-bond donors (Lipinski definition) is 1. The van der Waals surface area contributed by atoms with Crippen molar-refractivity contribution in [2.24, 2.45) is 7.05 Å². The second-order valence-electron chi connectivity index (χ2n) is 5.86. The molecule has 22 heavy (non-hydrogen) atoms. The number of nitrogens with zero attached hydrogens (tertiary/aromatic N) is 4. The number of rotatable bonds is 5. The summed E-state index contributed by atoms with van der Waals surface area (Å²) in [4.78, 5) is 2.44. The molecule has 3 rings (SSSR count). The Bertz CT molecular complexity index is 679. The van der Waals surface area contributed by atoms with E-state index in [9.17, 15) is 5.11 Å². The molecule has 0 amide bonds. The molecule has 1 aromatic heterocycles. The van der Waals surface area contributed by atoms with Crippen LogP contribution < -0.4 is 0 Å². The van der Waals surface area contributed by atoms with E-state index in [-0.39, 0.29) is 6.61 Å². The van der Waals surface area contributed by atoms with Crippen LogP contribution in [0.25, 0.3) is 0 Å². The zero-order valence-corrected chi connectivity index (χ0v) is 13.7. The van der Waals surface area contributed by atoms with Gasteiger partial charge in [0.05, 0.1) is 6.67 Å². The van der Waals surface area contributed by atoms with Crippen LogP contribution in [-0.2, 0) is 26.7 Å². The molecule has 1 aliphatic heterocycles. The first-order valence-electron chi connectivity index (χ1n) is 7.70. The van der Waals surface area contributed by atoms with Crippen LogP contribution in [-0.4, -0.2) is 36.9 Å². The number of aromatic nitrogens is 3. The lowest BCUT2D eigenvalue weighted by Gasteiger charge is -2.24. The van der Waals surface area contributed by atoms with Crippen molar-refractivity contribution in [3.05, 3.63) is 46.5 Å². The standard InChI is InChI=1S/C16H22N4OS/c1-18-15(11-21)17-20(16(18)22)12-19-9-5-8-14(19)10-13-6-3-2-4-7-13/h2-4,6-7,14,21H,5,8-12H2,1H3. The van der Waals surface area contributed by atoms with E-state index in [1.165, 1.54) is 18.4 Å². The van der Waals surface area contributed by atoms with Gasteiger partial charge in [0.2, 0.25) is 0 Å². The molecule has 1 atom stereocenters. The SMILES string of the molecule is Cn1c(CO)nn(CN2CCCC2Cc2ccccc2)c1=S.